The zero-order valence-electron chi connectivity index (χ0n) is 19.1. The first-order valence-corrected chi connectivity index (χ1v) is 13.0. The lowest BCUT2D eigenvalue weighted by atomic mass is 9.44. The number of ketones is 1. The van der Waals surface area contributed by atoms with Crippen LogP contribution in [0.25, 0.3) is 0 Å². The summed E-state index contributed by atoms with van der Waals surface area (Å²) in [5.74, 6) is 2.62. The van der Waals surface area contributed by atoms with E-state index in [0.717, 1.165) is 44.4 Å². The number of Topliss-reactive ketones (excluding diaryl/α,β-unsaturated/α-hetero) is 1. The average molecular weight is 419 g/mol. The first-order valence-electron chi connectivity index (χ1n) is 13.0. The zero-order valence-corrected chi connectivity index (χ0v) is 19.1. The quantitative estimate of drug-likeness (QED) is 0.583. The number of carbonyl (C=O) groups is 1. The van der Waals surface area contributed by atoms with Crippen molar-refractivity contribution in [1.29, 1.82) is 0 Å². The lowest BCUT2D eigenvalue weighted by Gasteiger charge is -2.59. The summed E-state index contributed by atoms with van der Waals surface area (Å²) in [7, 11) is 0. The molecule has 4 heteroatoms. The monoisotopic (exact) mass is 418 g/mol. The zero-order chi connectivity index (χ0) is 20.9. The van der Waals surface area contributed by atoms with Crippen LogP contribution < -0.4 is 0 Å². The Bertz CT molecular complexity index is 649. The van der Waals surface area contributed by atoms with Crippen LogP contribution in [0, 0.1) is 40.4 Å². The topological polar surface area (TPSA) is 55.8 Å². The number of ether oxygens (including phenoxy) is 2. The molecule has 30 heavy (non-hydrogen) atoms. The number of hydrogen-bond acceptors (Lipinski definition) is 4. The van der Waals surface area contributed by atoms with Gasteiger partial charge in [0.25, 0.3) is 0 Å². The van der Waals surface area contributed by atoms with Crippen molar-refractivity contribution in [2.24, 2.45) is 40.4 Å². The Morgan fingerprint density at radius 2 is 2.00 bits per heavy atom. The minimum Gasteiger partial charge on any atom is -0.374 e. The molecule has 3 unspecified atom stereocenters. The van der Waals surface area contributed by atoms with Crippen LogP contribution in [0.5, 0.6) is 0 Å². The van der Waals surface area contributed by atoms with Crippen LogP contribution in [0.2, 0.25) is 0 Å². The third-order valence-corrected chi connectivity index (χ3v) is 10.4. The SMILES string of the molecule is CCCCCOCC(=O)[C@H]1CC[C@H]2[C@@H]3CCC4CCCC[C@]4(C)[C@H]3C3C[C@]12C(O)O3. The molecule has 1 N–H and O–H groups in total. The standard InChI is InChI=1S/C26H42O4/c1-3-4-7-14-29-16-21(27)20-12-11-19-18-10-9-17-8-5-6-13-25(17,2)23(18)22-15-26(19,20)24(28)30-22/h17-20,22-24,28H,3-16H2,1-2H3/t17?,18-,19-,20+,22?,23+,24?,25-,26+/m0/s1. The van der Waals surface area contributed by atoms with Crippen LogP contribution in [0.1, 0.15) is 90.9 Å². The first-order chi connectivity index (χ1) is 14.5. The first kappa shape index (κ1) is 21.4. The second kappa shape index (κ2) is 8.15. The lowest BCUT2D eigenvalue weighted by molar-refractivity contribution is -0.162. The molecule has 1 heterocycles. The van der Waals surface area contributed by atoms with Crippen molar-refractivity contribution in [3.63, 3.8) is 0 Å². The molecule has 4 saturated carbocycles. The Kier molecular flexibility index (Phi) is 5.82. The summed E-state index contributed by atoms with van der Waals surface area (Å²) in [6, 6.07) is 0. The van der Waals surface area contributed by atoms with Crippen LogP contribution in [0.3, 0.4) is 0 Å². The molecule has 1 saturated heterocycles. The summed E-state index contributed by atoms with van der Waals surface area (Å²) in [5.41, 5.74) is 0.0279. The molecule has 0 aromatic heterocycles. The van der Waals surface area contributed by atoms with Gasteiger partial charge in [0.2, 0.25) is 0 Å². The van der Waals surface area contributed by atoms with E-state index in [9.17, 15) is 9.90 Å². The van der Waals surface area contributed by atoms with Gasteiger partial charge in [-0.2, -0.15) is 0 Å². The van der Waals surface area contributed by atoms with Crippen molar-refractivity contribution in [3.8, 4) is 0 Å². The van der Waals surface area contributed by atoms with Crippen molar-refractivity contribution >= 4 is 5.78 Å². The van der Waals surface area contributed by atoms with Gasteiger partial charge in [-0.15, -0.1) is 0 Å². The Labute approximate surface area is 182 Å². The fraction of sp³-hybridized carbons (Fsp3) is 0.962. The van der Waals surface area contributed by atoms with E-state index in [0.29, 0.717) is 29.8 Å². The molecule has 5 fully saturated rings. The summed E-state index contributed by atoms with van der Waals surface area (Å²) < 4.78 is 12.1. The largest absolute Gasteiger partial charge is 0.374 e. The van der Waals surface area contributed by atoms with Crippen LogP contribution in [0.4, 0.5) is 0 Å². The summed E-state index contributed by atoms with van der Waals surface area (Å²) in [4.78, 5) is 13.2. The highest BCUT2D eigenvalue weighted by Crippen LogP contribution is 2.71. The molecule has 2 bridgehead atoms. The number of aliphatic hydroxyl groups is 1. The lowest BCUT2D eigenvalue weighted by Crippen LogP contribution is -2.57. The van der Waals surface area contributed by atoms with E-state index >= 15 is 0 Å². The molecule has 4 aliphatic carbocycles. The maximum absolute atomic E-state index is 13.2. The van der Waals surface area contributed by atoms with E-state index in [1.807, 2.05) is 0 Å². The highest BCUT2D eigenvalue weighted by atomic mass is 16.6. The summed E-state index contributed by atoms with van der Waals surface area (Å²) in [5, 5.41) is 11.2. The van der Waals surface area contributed by atoms with Gasteiger partial charge in [0.15, 0.2) is 12.1 Å². The summed E-state index contributed by atoms with van der Waals surface area (Å²) in [6.07, 6.45) is 13.7. The molecule has 5 aliphatic rings. The average Bonchev–Trinajstić information content (AvgIpc) is 3.26. The summed E-state index contributed by atoms with van der Waals surface area (Å²) in [6.45, 7) is 5.61. The normalized spacial score (nSPS) is 49.4. The van der Waals surface area contributed by atoms with E-state index in [1.165, 1.54) is 38.5 Å². The molecule has 5 rings (SSSR count). The second-order valence-electron chi connectivity index (χ2n) is 11.5. The van der Waals surface area contributed by atoms with Gasteiger partial charge in [-0.3, -0.25) is 4.79 Å². The van der Waals surface area contributed by atoms with E-state index in [4.69, 9.17) is 9.47 Å². The Morgan fingerprint density at radius 1 is 1.13 bits per heavy atom. The predicted molar refractivity (Wildman–Crippen MR) is 116 cm³/mol. The Morgan fingerprint density at radius 3 is 2.83 bits per heavy atom. The minimum atomic E-state index is -0.764. The van der Waals surface area contributed by atoms with Gasteiger partial charge in [-0.05, 0) is 80.5 Å². The van der Waals surface area contributed by atoms with Gasteiger partial charge in [0, 0.05) is 17.9 Å². The molecule has 0 amide bonds. The number of fused-ring (bicyclic) bond motifs is 6. The van der Waals surface area contributed by atoms with Gasteiger partial charge in [-0.25, -0.2) is 0 Å². The number of unbranched alkanes of at least 4 members (excludes halogenated alkanes) is 2. The second-order valence-corrected chi connectivity index (χ2v) is 11.5. The van der Waals surface area contributed by atoms with Crippen LogP contribution >= 0.6 is 0 Å². The molecule has 9 atom stereocenters. The van der Waals surface area contributed by atoms with Gasteiger partial charge >= 0.3 is 0 Å². The van der Waals surface area contributed by atoms with E-state index in [1.54, 1.807) is 0 Å². The number of hydrogen-bond donors (Lipinski definition) is 1. The predicted octanol–water partition coefficient (Wildman–Crippen LogP) is 5.12. The number of rotatable bonds is 7. The molecule has 0 aromatic carbocycles. The molecular formula is C26H42O4. The van der Waals surface area contributed by atoms with Gasteiger partial charge in [0.1, 0.15) is 6.61 Å². The van der Waals surface area contributed by atoms with Crippen molar-refractivity contribution < 1.29 is 19.4 Å². The third kappa shape index (κ3) is 3.07. The van der Waals surface area contributed by atoms with Crippen molar-refractivity contribution in [2.45, 2.75) is 103 Å². The van der Waals surface area contributed by atoms with E-state index in [-0.39, 0.29) is 29.8 Å². The number of aliphatic hydroxyl groups excluding tert-OH is 1. The van der Waals surface area contributed by atoms with Crippen molar-refractivity contribution in [1.82, 2.24) is 0 Å². The molecule has 1 spiro atoms. The van der Waals surface area contributed by atoms with Crippen LogP contribution in [-0.2, 0) is 14.3 Å². The summed E-state index contributed by atoms with van der Waals surface area (Å²) >= 11 is 0. The number of carbonyl (C=O) groups excluding carboxylic acids is 1. The van der Waals surface area contributed by atoms with Crippen molar-refractivity contribution in [2.75, 3.05) is 13.2 Å². The molecule has 1 aliphatic heterocycles. The van der Waals surface area contributed by atoms with Gasteiger partial charge < -0.3 is 14.6 Å². The van der Waals surface area contributed by atoms with Crippen LogP contribution in [-0.4, -0.2) is 36.5 Å². The van der Waals surface area contributed by atoms with Crippen LogP contribution in [0.15, 0.2) is 0 Å². The Hall–Kier alpha value is -0.450. The maximum atomic E-state index is 13.2. The molecule has 0 aromatic rings. The smallest absolute Gasteiger partial charge is 0.162 e. The van der Waals surface area contributed by atoms with E-state index in [2.05, 4.69) is 13.8 Å². The molecular weight excluding hydrogens is 376 g/mol. The molecule has 170 valence electrons. The van der Waals surface area contributed by atoms with E-state index < -0.39 is 6.29 Å². The fourth-order valence-corrected chi connectivity index (χ4v) is 9.15. The highest BCUT2D eigenvalue weighted by Gasteiger charge is 2.71. The maximum Gasteiger partial charge on any atom is 0.162 e. The molecule has 4 nitrogen and oxygen atoms in total. The third-order valence-electron chi connectivity index (χ3n) is 10.4. The van der Waals surface area contributed by atoms with Gasteiger partial charge in [0.05, 0.1) is 6.10 Å². The Balaban J connectivity index is 1.35. The van der Waals surface area contributed by atoms with Gasteiger partial charge in [-0.1, -0.05) is 39.5 Å². The fourth-order valence-electron chi connectivity index (χ4n) is 9.15. The minimum absolute atomic E-state index is 0.0773. The highest BCUT2D eigenvalue weighted by molar-refractivity contribution is 5.83. The molecule has 0 radical (unpaired) electrons. The van der Waals surface area contributed by atoms with Crippen molar-refractivity contribution in [3.05, 3.63) is 0 Å².